The molecule has 0 spiro atoms. The SMILES string of the molecule is COC(=O)C1(F)CCN(C(=O)c2cc(=O)c3cc(Br)ccc3[nH]2)C1. The zero-order valence-corrected chi connectivity index (χ0v) is 14.4. The first-order valence-corrected chi connectivity index (χ1v) is 8.02. The van der Waals surface area contributed by atoms with Crippen molar-refractivity contribution >= 4 is 38.7 Å². The molecule has 0 saturated carbocycles. The molecule has 1 aromatic heterocycles. The standard InChI is InChI=1S/C16H14BrFN2O4/c1-24-15(23)16(18)4-5-20(8-16)14(22)12-7-13(21)10-6-9(17)2-3-11(10)19-12/h2-3,6-7H,4-5,8H2,1H3,(H,19,21). The van der Waals surface area contributed by atoms with E-state index in [1.807, 2.05) is 0 Å². The van der Waals surface area contributed by atoms with Gasteiger partial charge in [-0.25, -0.2) is 9.18 Å². The summed E-state index contributed by atoms with van der Waals surface area (Å²) in [5, 5.41) is 0.441. The number of alkyl halides is 1. The number of methoxy groups -OCH3 is 1. The fraction of sp³-hybridized carbons (Fsp3) is 0.312. The third-order valence-corrected chi connectivity index (χ3v) is 4.57. The van der Waals surface area contributed by atoms with Gasteiger partial charge in [0.25, 0.3) is 5.91 Å². The molecule has 6 nitrogen and oxygen atoms in total. The predicted octanol–water partition coefficient (Wildman–Crippen LogP) is 2.02. The Balaban J connectivity index is 1.91. The van der Waals surface area contributed by atoms with E-state index in [0.29, 0.717) is 10.9 Å². The number of H-pyrrole nitrogens is 1. The van der Waals surface area contributed by atoms with Crippen molar-refractivity contribution in [1.82, 2.24) is 9.88 Å². The average Bonchev–Trinajstić information content (AvgIpc) is 2.97. The maximum absolute atomic E-state index is 14.5. The highest BCUT2D eigenvalue weighted by molar-refractivity contribution is 9.10. The molecular formula is C16H14BrFN2O4. The minimum atomic E-state index is -2.20. The number of rotatable bonds is 2. The normalized spacial score (nSPS) is 20.4. The molecule has 1 amide bonds. The smallest absolute Gasteiger partial charge is 0.345 e. The number of fused-ring (bicyclic) bond motifs is 1. The Kier molecular flexibility index (Phi) is 4.16. The van der Waals surface area contributed by atoms with Gasteiger partial charge in [0.05, 0.1) is 13.7 Å². The first-order valence-electron chi connectivity index (χ1n) is 7.23. The van der Waals surface area contributed by atoms with Gasteiger partial charge in [0, 0.05) is 34.4 Å². The first-order chi connectivity index (χ1) is 11.3. The van der Waals surface area contributed by atoms with Crippen molar-refractivity contribution in [1.29, 1.82) is 0 Å². The maximum atomic E-state index is 14.5. The molecule has 1 unspecified atom stereocenters. The van der Waals surface area contributed by atoms with Crippen molar-refractivity contribution in [3.63, 3.8) is 0 Å². The highest BCUT2D eigenvalue weighted by atomic mass is 79.9. The van der Waals surface area contributed by atoms with Gasteiger partial charge in [-0.1, -0.05) is 15.9 Å². The predicted molar refractivity (Wildman–Crippen MR) is 88.6 cm³/mol. The number of carbonyl (C=O) groups excluding carboxylic acids is 2. The second-order valence-corrected chi connectivity index (χ2v) is 6.59. The van der Waals surface area contributed by atoms with Crippen LogP contribution in [0.1, 0.15) is 16.9 Å². The van der Waals surface area contributed by atoms with Crippen molar-refractivity contribution in [2.45, 2.75) is 12.1 Å². The molecule has 2 heterocycles. The van der Waals surface area contributed by atoms with E-state index in [0.717, 1.165) is 11.6 Å². The van der Waals surface area contributed by atoms with E-state index >= 15 is 0 Å². The van der Waals surface area contributed by atoms with Gasteiger partial charge < -0.3 is 14.6 Å². The molecule has 1 saturated heterocycles. The number of nitrogens with zero attached hydrogens (tertiary/aromatic N) is 1. The van der Waals surface area contributed by atoms with E-state index in [1.54, 1.807) is 18.2 Å². The second-order valence-electron chi connectivity index (χ2n) is 5.67. The van der Waals surface area contributed by atoms with Crippen LogP contribution in [0.3, 0.4) is 0 Å². The van der Waals surface area contributed by atoms with E-state index in [9.17, 15) is 18.8 Å². The lowest BCUT2D eigenvalue weighted by Gasteiger charge is -2.19. The lowest BCUT2D eigenvalue weighted by molar-refractivity contribution is -0.153. The van der Waals surface area contributed by atoms with Crippen LogP contribution in [0.15, 0.2) is 33.5 Å². The topological polar surface area (TPSA) is 79.5 Å². The summed E-state index contributed by atoms with van der Waals surface area (Å²) in [5.41, 5.74) is -1.95. The van der Waals surface area contributed by atoms with Gasteiger partial charge in [-0.2, -0.15) is 0 Å². The van der Waals surface area contributed by atoms with Crippen LogP contribution >= 0.6 is 15.9 Å². The third-order valence-electron chi connectivity index (χ3n) is 4.08. The number of halogens is 2. The quantitative estimate of drug-likeness (QED) is 0.787. The van der Waals surface area contributed by atoms with E-state index < -0.39 is 17.5 Å². The van der Waals surface area contributed by atoms with Crippen LogP contribution in [0.25, 0.3) is 10.9 Å². The zero-order chi connectivity index (χ0) is 17.5. The Bertz CT molecular complexity index is 897. The number of hydrogen-bond donors (Lipinski definition) is 1. The van der Waals surface area contributed by atoms with Gasteiger partial charge >= 0.3 is 5.97 Å². The number of nitrogens with one attached hydrogen (secondary N) is 1. The molecule has 126 valence electrons. The summed E-state index contributed by atoms with van der Waals surface area (Å²) in [6.45, 7) is -0.316. The number of hydrogen-bond acceptors (Lipinski definition) is 4. The molecule has 1 N–H and O–H groups in total. The number of aromatic amines is 1. The molecule has 3 rings (SSSR count). The summed E-state index contributed by atoms with van der Waals surface area (Å²) in [7, 11) is 1.10. The van der Waals surface area contributed by atoms with Gasteiger partial charge in [-0.05, 0) is 18.2 Å². The minimum absolute atomic E-state index is 0.0592. The lowest BCUT2D eigenvalue weighted by Crippen LogP contribution is -2.40. The Morgan fingerprint density at radius 2 is 2.12 bits per heavy atom. The Labute approximate surface area is 144 Å². The molecule has 0 radical (unpaired) electrons. The molecule has 1 aromatic carbocycles. The number of benzene rings is 1. The molecule has 0 aliphatic carbocycles. The monoisotopic (exact) mass is 396 g/mol. The molecule has 24 heavy (non-hydrogen) atoms. The van der Waals surface area contributed by atoms with Crippen LogP contribution in [0.5, 0.6) is 0 Å². The van der Waals surface area contributed by atoms with Crippen molar-refractivity contribution in [3.8, 4) is 0 Å². The van der Waals surface area contributed by atoms with E-state index in [4.69, 9.17) is 0 Å². The summed E-state index contributed by atoms with van der Waals surface area (Å²) in [4.78, 5) is 40.3. The van der Waals surface area contributed by atoms with Crippen LogP contribution in [-0.2, 0) is 9.53 Å². The Hall–Kier alpha value is -2.22. The molecule has 1 aliphatic heterocycles. The molecule has 8 heteroatoms. The maximum Gasteiger partial charge on any atom is 0.345 e. The summed E-state index contributed by atoms with van der Waals surface area (Å²) in [6, 6.07) is 6.26. The van der Waals surface area contributed by atoms with Gasteiger partial charge in [-0.15, -0.1) is 0 Å². The summed E-state index contributed by atoms with van der Waals surface area (Å²) in [6.07, 6.45) is -0.129. The zero-order valence-electron chi connectivity index (χ0n) is 12.8. The van der Waals surface area contributed by atoms with Gasteiger partial charge in [0.15, 0.2) is 5.43 Å². The lowest BCUT2D eigenvalue weighted by atomic mass is 10.1. The molecular weight excluding hydrogens is 383 g/mol. The summed E-state index contributed by atoms with van der Waals surface area (Å²) < 4.78 is 19.7. The van der Waals surface area contributed by atoms with Crippen LogP contribution < -0.4 is 5.43 Å². The molecule has 2 aromatic rings. The molecule has 1 aliphatic rings. The third kappa shape index (κ3) is 2.82. The number of aromatic nitrogens is 1. The average molecular weight is 397 g/mol. The van der Waals surface area contributed by atoms with Gasteiger partial charge in [0.1, 0.15) is 5.69 Å². The van der Waals surface area contributed by atoms with E-state index in [-0.39, 0.29) is 30.6 Å². The van der Waals surface area contributed by atoms with Crippen molar-refractivity contribution < 1.29 is 18.7 Å². The van der Waals surface area contributed by atoms with Gasteiger partial charge in [0.2, 0.25) is 5.67 Å². The molecule has 0 bridgehead atoms. The summed E-state index contributed by atoms with van der Waals surface area (Å²) >= 11 is 3.29. The molecule has 1 atom stereocenters. The number of carbonyl (C=O) groups is 2. The van der Waals surface area contributed by atoms with Crippen molar-refractivity contribution in [3.05, 3.63) is 44.7 Å². The number of ether oxygens (including phenoxy) is 1. The Morgan fingerprint density at radius 1 is 1.38 bits per heavy atom. The number of amides is 1. The fourth-order valence-electron chi connectivity index (χ4n) is 2.80. The largest absolute Gasteiger partial charge is 0.467 e. The number of likely N-dealkylation sites (tertiary alicyclic amines) is 1. The second kappa shape index (κ2) is 6.01. The van der Waals surface area contributed by atoms with E-state index in [1.165, 1.54) is 11.0 Å². The highest BCUT2D eigenvalue weighted by Gasteiger charge is 2.48. The fourth-order valence-corrected chi connectivity index (χ4v) is 3.16. The van der Waals surface area contributed by atoms with Crippen LogP contribution in [0.2, 0.25) is 0 Å². The number of esters is 1. The van der Waals surface area contributed by atoms with Crippen LogP contribution in [-0.4, -0.2) is 47.6 Å². The first kappa shape index (κ1) is 16.6. The summed E-state index contributed by atoms with van der Waals surface area (Å²) in [5.74, 6) is -1.52. The van der Waals surface area contributed by atoms with E-state index in [2.05, 4.69) is 25.7 Å². The highest BCUT2D eigenvalue weighted by Crippen LogP contribution is 2.28. The van der Waals surface area contributed by atoms with Crippen molar-refractivity contribution in [2.75, 3.05) is 20.2 Å². The minimum Gasteiger partial charge on any atom is -0.467 e. The van der Waals surface area contributed by atoms with Crippen LogP contribution in [0.4, 0.5) is 4.39 Å². The number of pyridine rings is 1. The Morgan fingerprint density at radius 3 is 2.83 bits per heavy atom. The van der Waals surface area contributed by atoms with Crippen LogP contribution in [0, 0.1) is 0 Å². The van der Waals surface area contributed by atoms with Crippen molar-refractivity contribution in [2.24, 2.45) is 0 Å². The molecule has 1 fully saturated rings. The van der Waals surface area contributed by atoms with Gasteiger partial charge in [-0.3, -0.25) is 9.59 Å².